The Morgan fingerprint density at radius 3 is 3.07 bits per heavy atom. The lowest BCUT2D eigenvalue weighted by Crippen LogP contribution is -2.03. The molecule has 1 aliphatic rings. The SMILES string of the molecule is O=C(O)c1c(C2CC2)sc2cncn12. The van der Waals surface area contributed by atoms with Gasteiger partial charge >= 0.3 is 5.97 Å². The van der Waals surface area contributed by atoms with Gasteiger partial charge in [-0.1, -0.05) is 0 Å². The number of fused-ring (bicyclic) bond motifs is 1. The number of rotatable bonds is 2. The van der Waals surface area contributed by atoms with Gasteiger partial charge in [-0.25, -0.2) is 9.78 Å². The van der Waals surface area contributed by atoms with Gasteiger partial charge in [-0.05, 0) is 18.8 Å². The summed E-state index contributed by atoms with van der Waals surface area (Å²) >= 11 is 1.55. The van der Waals surface area contributed by atoms with Crippen molar-refractivity contribution in [2.45, 2.75) is 18.8 Å². The highest BCUT2D eigenvalue weighted by molar-refractivity contribution is 7.17. The average Bonchev–Trinajstić information content (AvgIpc) is 2.75. The fourth-order valence-electron chi connectivity index (χ4n) is 1.64. The third-order valence-electron chi connectivity index (χ3n) is 2.44. The van der Waals surface area contributed by atoms with E-state index in [0.717, 1.165) is 22.5 Å². The molecular formula is C9H8N2O2S. The first kappa shape index (κ1) is 7.99. The van der Waals surface area contributed by atoms with Crippen molar-refractivity contribution >= 4 is 22.1 Å². The molecule has 2 heterocycles. The molecule has 0 aromatic carbocycles. The summed E-state index contributed by atoms with van der Waals surface area (Å²) in [6, 6.07) is 0. The van der Waals surface area contributed by atoms with E-state index in [1.807, 2.05) is 0 Å². The van der Waals surface area contributed by atoms with Crippen LogP contribution in [0.2, 0.25) is 0 Å². The number of carboxylic acids is 1. The first-order valence-corrected chi connectivity index (χ1v) is 5.27. The van der Waals surface area contributed by atoms with Gasteiger partial charge in [-0.2, -0.15) is 0 Å². The van der Waals surface area contributed by atoms with Crippen molar-refractivity contribution in [2.24, 2.45) is 0 Å². The van der Waals surface area contributed by atoms with Gasteiger partial charge in [0.1, 0.15) is 16.9 Å². The van der Waals surface area contributed by atoms with Crippen LogP contribution in [-0.2, 0) is 0 Å². The number of nitrogens with zero attached hydrogens (tertiary/aromatic N) is 2. The zero-order chi connectivity index (χ0) is 9.71. The Bertz CT molecular complexity index is 510. The predicted molar refractivity (Wildman–Crippen MR) is 52.0 cm³/mol. The summed E-state index contributed by atoms with van der Waals surface area (Å²) in [6.45, 7) is 0. The van der Waals surface area contributed by atoms with Crippen LogP contribution in [-0.4, -0.2) is 20.5 Å². The van der Waals surface area contributed by atoms with Crippen LogP contribution in [0.5, 0.6) is 0 Å². The Balaban J connectivity index is 2.31. The molecule has 1 aliphatic carbocycles. The number of carboxylic acid groups (broad SMARTS) is 1. The molecule has 3 rings (SSSR count). The summed E-state index contributed by atoms with van der Waals surface area (Å²) in [5.74, 6) is -0.373. The molecule has 0 unspecified atom stereocenters. The van der Waals surface area contributed by atoms with Crippen LogP contribution in [0.25, 0.3) is 4.83 Å². The van der Waals surface area contributed by atoms with Crippen molar-refractivity contribution in [1.29, 1.82) is 0 Å². The van der Waals surface area contributed by atoms with Crippen molar-refractivity contribution in [3.8, 4) is 0 Å². The lowest BCUT2D eigenvalue weighted by atomic mass is 10.3. The molecule has 0 spiro atoms. The van der Waals surface area contributed by atoms with Crippen LogP contribution in [0.4, 0.5) is 0 Å². The molecule has 0 aliphatic heterocycles. The van der Waals surface area contributed by atoms with Gasteiger partial charge in [0.05, 0.1) is 6.20 Å². The van der Waals surface area contributed by atoms with Crippen molar-refractivity contribution in [3.63, 3.8) is 0 Å². The minimum Gasteiger partial charge on any atom is -0.477 e. The van der Waals surface area contributed by atoms with E-state index >= 15 is 0 Å². The molecule has 0 bridgehead atoms. The van der Waals surface area contributed by atoms with Crippen LogP contribution in [0.1, 0.15) is 34.1 Å². The van der Waals surface area contributed by atoms with Gasteiger partial charge in [0, 0.05) is 4.88 Å². The Kier molecular flexibility index (Phi) is 1.47. The summed E-state index contributed by atoms with van der Waals surface area (Å²) in [4.78, 5) is 17.0. The van der Waals surface area contributed by atoms with Gasteiger partial charge in [-0.15, -0.1) is 11.3 Å². The number of carbonyl (C=O) groups is 1. The van der Waals surface area contributed by atoms with Gasteiger partial charge < -0.3 is 5.11 Å². The Morgan fingerprint density at radius 2 is 2.43 bits per heavy atom. The van der Waals surface area contributed by atoms with Crippen molar-refractivity contribution in [1.82, 2.24) is 9.38 Å². The standard InChI is InChI=1S/C9H8N2O2S/c12-9(13)7-8(5-1-2-5)14-6-3-10-4-11(6)7/h3-5H,1-2H2,(H,12,13). The molecule has 0 saturated heterocycles. The summed E-state index contributed by atoms with van der Waals surface area (Å²) in [6.07, 6.45) is 5.53. The van der Waals surface area contributed by atoms with Crippen LogP contribution >= 0.6 is 11.3 Å². The zero-order valence-corrected chi connectivity index (χ0v) is 8.12. The van der Waals surface area contributed by atoms with Crippen LogP contribution in [0.3, 0.4) is 0 Å². The van der Waals surface area contributed by atoms with E-state index in [2.05, 4.69) is 4.98 Å². The molecule has 0 amide bonds. The fraction of sp³-hybridized carbons (Fsp3) is 0.333. The molecule has 0 atom stereocenters. The lowest BCUT2D eigenvalue weighted by molar-refractivity contribution is 0.0688. The Morgan fingerprint density at radius 1 is 1.64 bits per heavy atom. The minimum absolute atomic E-state index is 0.407. The highest BCUT2D eigenvalue weighted by Crippen LogP contribution is 2.45. The zero-order valence-electron chi connectivity index (χ0n) is 7.30. The second-order valence-corrected chi connectivity index (χ2v) is 4.56. The largest absolute Gasteiger partial charge is 0.477 e. The maximum absolute atomic E-state index is 11.1. The first-order chi connectivity index (χ1) is 6.77. The van der Waals surface area contributed by atoms with Crippen LogP contribution in [0, 0.1) is 0 Å². The molecule has 1 fully saturated rings. The number of imidazole rings is 1. The maximum atomic E-state index is 11.1. The second-order valence-electron chi connectivity index (χ2n) is 3.50. The molecule has 1 N–H and O–H groups in total. The number of hydrogen-bond acceptors (Lipinski definition) is 3. The summed E-state index contributed by atoms with van der Waals surface area (Å²) < 4.78 is 1.67. The van der Waals surface area contributed by atoms with E-state index in [1.165, 1.54) is 0 Å². The normalized spacial score (nSPS) is 16.3. The van der Waals surface area contributed by atoms with E-state index in [-0.39, 0.29) is 0 Å². The second kappa shape index (κ2) is 2.57. The van der Waals surface area contributed by atoms with Crippen LogP contribution < -0.4 is 0 Å². The van der Waals surface area contributed by atoms with Gasteiger partial charge in [0.15, 0.2) is 0 Å². The lowest BCUT2D eigenvalue weighted by Gasteiger charge is -1.95. The number of aromatic nitrogens is 2. The van der Waals surface area contributed by atoms with Gasteiger partial charge in [-0.3, -0.25) is 4.40 Å². The van der Waals surface area contributed by atoms with E-state index in [9.17, 15) is 4.79 Å². The molecule has 1 saturated carbocycles. The Labute approximate surface area is 83.8 Å². The third-order valence-corrected chi connectivity index (χ3v) is 3.70. The maximum Gasteiger partial charge on any atom is 0.354 e. The minimum atomic E-state index is -0.851. The molecule has 72 valence electrons. The molecule has 5 heteroatoms. The van der Waals surface area contributed by atoms with Crippen molar-refractivity contribution in [2.75, 3.05) is 0 Å². The Hall–Kier alpha value is -1.36. The highest BCUT2D eigenvalue weighted by Gasteiger charge is 2.32. The highest BCUT2D eigenvalue weighted by atomic mass is 32.1. The quantitative estimate of drug-likeness (QED) is 0.820. The average molecular weight is 208 g/mol. The molecule has 2 aromatic rings. The first-order valence-electron chi connectivity index (χ1n) is 4.45. The topological polar surface area (TPSA) is 54.6 Å². The van der Waals surface area contributed by atoms with Crippen molar-refractivity contribution in [3.05, 3.63) is 23.1 Å². The number of aromatic carboxylic acids is 1. The van der Waals surface area contributed by atoms with E-state index in [4.69, 9.17) is 5.11 Å². The summed E-state index contributed by atoms with van der Waals surface area (Å²) in [7, 11) is 0. The van der Waals surface area contributed by atoms with Gasteiger partial charge in [0.2, 0.25) is 0 Å². The van der Waals surface area contributed by atoms with E-state index in [1.54, 1.807) is 28.3 Å². The number of hydrogen-bond donors (Lipinski definition) is 1. The monoisotopic (exact) mass is 208 g/mol. The van der Waals surface area contributed by atoms with Crippen molar-refractivity contribution < 1.29 is 9.90 Å². The molecule has 14 heavy (non-hydrogen) atoms. The molecular weight excluding hydrogens is 200 g/mol. The molecule has 0 radical (unpaired) electrons. The van der Waals surface area contributed by atoms with Crippen LogP contribution in [0.15, 0.2) is 12.5 Å². The van der Waals surface area contributed by atoms with E-state index in [0.29, 0.717) is 11.6 Å². The number of thiazole rings is 1. The smallest absolute Gasteiger partial charge is 0.354 e. The third kappa shape index (κ3) is 0.988. The summed E-state index contributed by atoms with van der Waals surface area (Å²) in [5, 5.41) is 9.11. The summed E-state index contributed by atoms with van der Waals surface area (Å²) in [5.41, 5.74) is 0.407. The predicted octanol–water partition coefficient (Wildman–Crippen LogP) is 1.97. The molecule has 2 aromatic heterocycles. The van der Waals surface area contributed by atoms with E-state index < -0.39 is 5.97 Å². The fourth-order valence-corrected chi connectivity index (χ4v) is 2.90. The van der Waals surface area contributed by atoms with Gasteiger partial charge in [0.25, 0.3) is 0 Å². The molecule has 4 nitrogen and oxygen atoms in total.